The third-order valence-corrected chi connectivity index (χ3v) is 4.03. The first kappa shape index (κ1) is 19.1. The van der Waals surface area contributed by atoms with Crippen molar-refractivity contribution in [1.29, 1.82) is 5.26 Å². The fourth-order valence-corrected chi connectivity index (χ4v) is 2.86. The van der Waals surface area contributed by atoms with Crippen LogP contribution in [0, 0.1) is 18.0 Å². The number of halogens is 6. The molecule has 3 rings (SSSR count). The van der Waals surface area contributed by atoms with Gasteiger partial charge < -0.3 is 0 Å². The van der Waals surface area contributed by atoms with Gasteiger partial charge in [-0.25, -0.2) is 0 Å². The number of fused-ring (bicyclic) bond motifs is 2. The Labute approximate surface area is 153 Å². The Kier molecular flexibility index (Phi) is 4.44. The van der Waals surface area contributed by atoms with Crippen molar-refractivity contribution in [3.63, 3.8) is 0 Å². The number of nitrogens with zero attached hydrogens (tertiary/aromatic N) is 4. The highest BCUT2D eigenvalue weighted by atomic mass is 19.4. The number of benzene rings is 2. The summed E-state index contributed by atoms with van der Waals surface area (Å²) in [4.78, 5) is 6.34. The molecule has 0 saturated carbocycles. The molecular formula is C18H6F6N4. The Bertz CT molecular complexity index is 1020. The molecule has 1 aliphatic rings. The molecule has 140 valence electrons. The number of aliphatic imine (C=N–C) groups is 1. The van der Waals surface area contributed by atoms with Crippen molar-refractivity contribution < 1.29 is 26.3 Å². The van der Waals surface area contributed by atoms with Gasteiger partial charge in [-0.1, -0.05) is 12.1 Å². The van der Waals surface area contributed by atoms with Crippen LogP contribution in [0.3, 0.4) is 0 Å². The van der Waals surface area contributed by atoms with E-state index in [1.807, 2.05) is 0 Å². The van der Waals surface area contributed by atoms with E-state index in [4.69, 9.17) is 11.8 Å². The van der Waals surface area contributed by atoms with E-state index in [1.165, 1.54) is 6.19 Å². The summed E-state index contributed by atoms with van der Waals surface area (Å²) in [5.41, 5.74) is -2.86. The van der Waals surface area contributed by atoms with Crippen molar-refractivity contribution in [2.24, 2.45) is 10.1 Å². The maximum atomic E-state index is 13.1. The molecule has 0 heterocycles. The fraction of sp³-hybridized carbons (Fsp3) is 0.111. The molecule has 4 nitrogen and oxygen atoms in total. The minimum absolute atomic E-state index is 0.0233. The molecule has 0 N–H and O–H groups in total. The van der Waals surface area contributed by atoms with Gasteiger partial charge in [-0.3, -0.25) is 0 Å². The van der Waals surface area contributed by atoms with Crippen molar-refractivity contribution in [2.45, 2.75) is 12.4 Å². The van der Waals surface area contributed by atoms with E-state index in [0.717, 1.165) is 36.4 Å². The van der Waals surface area contributed by atoms with Crippen LogP contribution in [-0.4, -0.2) is 11.4 Å². The first-order valence-electron chi connectivity index (χ1n) is 7.43. The van der Waals surface area contributed by atoms with Crippen molar-refractivity contribution >= 4 is 11.4 Å². The molecule has 10 heteroatoms. The minimum Gasteiger partial charge on any atom is -0.181 e. The lowest BCUT2D eigenvalue weighted by molar-refractivity contribution is -0.138. The Morgan fingerprint density at radius 2 is 1.25 bits per heavy atom. The van der Waals surface area contributed by atoms with Crippen LogP contribution in [0.1, 0.15) is 33.4 Å². The van der Waals surface area contributed by atoms with E-state index < -0.39 is 23.5 Å². The molecule has 0 amide bonds. The second kappa shape index (κ2) is 6.50. The van der Waals surface area contributed by atoms with Crippen molar-refractivity contribution in [3.05, 3.63) is 81.3 Å². The monoisotopic (exact) mass is 392 g/mol. The summed E-state index contributed by atoms with van der Waals surface area (Å²) < 4.78 is 78.5. The van der Waals surface area contributed by atoms with Gasteiger partial charge in [0.25, 0.3) is 0 Å². The van der Waals surface area contributed by atoms with Crippen LogP contribution in [0.4, 0.5) is 26.3 Å². The lowest BCUT2D eigenvalue weighted by Crippen LogP contribution is -2.24. The van der Waals surface area contributed by atoms with E-state index in [-0.39, 0.29) is 33.7 Å². The van der Waals surface area contributed by atoms with Crippen molar-refractivity contribution in [3.8, 4) is 6.19 Å². The Morgan fingerprint density at radius 1 is 0.786 bits per heavy atom. The third kappa shape index (κ3) is 3.21. The molecule has 0 aliphatic heterocycles. The standard InChI is InChI=1S/C18H6F6N4/c1-26-28-16-12-5-3-9(17(19,20)21)6-13(12)15(27-8-25)11-4-2-10(7-14(11)16)18(22,23)24/h2-7H/b27-15+,28-16+. The van der Waals surface area contributed by atoms with E-state index >= 15 is 0 Å². The number of rotatable bonds is 0. The van der Waals surface area contributed by atoms with Crippen LogP contribution in [0.2, 0.25) is 0 Å². The average Bonchev–Trinajstić information content (AvgIpc) is 2.62. The summed E-state index contributed by atoms with van der Waals surface area (Å²) in [7, 11) is 0. The molecule has 0 atom stereocenters. The lowest BCUT2D eigenvalue weighted by Gasteiger charge is -2.23. The highest BCUT2D eigenvalue weighted by Gasteiger charge is 2.37. The SMILES string of the molecule is [C-]#[N+]/N=C1\c2ccc(C(F)(F)F)cc2/C(=N/C#N)c2ccc(C(F)(F)F)cc21. The summed E-state index contributed by atoms with van der Waals surface area (Å²) in [6.07, 6.45) is -7.93. The second-order valence-electron chi connectivity index (χ2n) is 5.63. The third-order valence-electron chi connectivity index (χ3n) is 4.03. The minimum atomic E-state index is -4.69. The van der Waals surface area contributed by atoms with E-state index in [0.29, 0.717) is 0 Å². The Morgan fingerprint density at radius 3 is 1.68 bits per heavy atom. The summed E-state index contributed by atoms with van der Waals surface area (Å²) in [5, 5.41) is 12.4. The quantitative estimate of drug-likeness (QED) is 0.229. The highest BCUT2D eigenvalue weighted by molar-refractivity contribution is 6.32. The molecule has 2 aromatic carbocycles. The van der Waals surface area contributed by atoms with Gasteiger partial charge >= 0.3 is 12.4 Å². The zero-order valence-corrected chi connectivity index (χ0v) is 13.5. The highest BCUT2D eigenvalue weighted by Crippen LogP contribution is 2.37. The van der Waals surface area contributed by atoms with Gasteiger partial charge in [0.2, 0.25) is 6.19 Å². The molecule has 0 bridgehead atoms. The summed E-state index contributed by atoms with van der Waals surface area (Å²) >= 11 is 0. The topological polar surface area (TPSA) is 52.9 Å². The predicted octanol–water partition coefficient (Wildman–Crippen LogP) is 5.03. The van der Waals surface area contributed by atoms with Gasteiger partial charge in [0.15, 0.2) is 5.71 Å². The molecule has 0 spiro atoms. The molecule has 0 radical (unpaired) electrons. The molecule has 1 aliphatic carbocycles. The maximum absolute atomic E-state index is 13.1. The van der Waals surface area contributed by atoms with Crippen LogP contribution in [0.25, 0.3) is 4.95 Å². The fourth-order valence-electron chi connectivity index (χ4n) is 2.86. The first-order chi connectivity index (χ1) is 13.1. The van der Waals surface area contributed by atoms with Gasteiger partial charge in [0.05, 0.1) is 21.9 Å². The van der Waals surface area contributed by atoms with E-state index in [2.05, 4.69) is 15.0 Å². The molecule has 2 aromatic rings. The largest absolute Gasteiger partial charge is 0.416 e. The van der Waals surface area contributed by atoms with Gasteiger partial charge in [0, 0.05) is 22.3 Å². The van der Waals surface area contributed by atoms with Gasteiger partial charge in [0.1, 0.15) is 0 Å². The number of nitriles is 1. The van der Waals surface area contributed by atoms with Gasteiger partial charge in [-0.15, -0.1) is 4.95 Å². The van der Waals surface area contributed by atoms with E-state index in [9.17, 15) is 26.3 Å². The Balaban J connectivity index is 2.38. The van der Waals surface area contributed by atoms with Crippen molar-refractivity contribution in [1.82, 2.24) is 0 Å². The number of hydrogen-bond donors (Lipinski definition) is 0. The average molecular weight is 392 g/mol. The van der Waals surface area contributed by atoms with Crippen LogP contribution < -0.4 is 0 Å². The predicted molar refractivity (Wildman–Crippen MR) is 86.4 cm³/mol. The molecular weight excluding hydrogens is 386 g/mol. The van der Waals surface area contributed by atoms with Crippen molar-refractivity contribution in [2.75, 3.05) is 0 Å². The normalized spacial score (nSPS) is 16.3. The van der Waals surface area contributed by atoms with Gasteiger partial charge in [-0.05, 0) is 24.3 Å². The molecule has 0 aromatic heterocycles. The number of alkyl halides is 6. The Hall–Kier alpha value is -3.66. The second-order valence-corrected chi connectivity index (χ2v) is 5.63. The molecule has 0 saturated heterocycles. The van der Waals surface area contributed by atoms with E-state index in [1.54, 1.807) is 0 Å². The van der Waals surface area contributed by atoms with Crippen LogP contribution >= 0.6 is 0 Å². The first-order valence-corrected chi connectivity index (χ1v) is 7.43. The van der Waals surface area contributed by atoms with Crippen LogP contribution in [0.15, 0.2) is 46.5 Å². The zero-order chi connectivity index (χ0) is 20.7. The lowest BCUT2D eigenvalue weighted by atomic mass is 9.81. The maximum Gasteiger partial charge on any atom is 0.416 e. The van der Waals surface area contributed by atoms with Crippen LogP contribution in [0.5, 0.6) is 0 Å². The molecule has 0 fully saturated rings. The molecule has 0 unspecified atom stereocenters. The summed E-state index contributed by atoms with van der Waals surface area (Å²) in [6, 6.07) is 4.90. The summed E-state index contributed by atoms with van der Waals surface area (Å²) in [5.74, 6) is 0. The summed E-state index contributed by atoms with van der Waals surface area (Å²) in [6.45, 7) is 6.92. The van der Waals surface area contributed by atoms with Gasteiger partial charge in [-0.2, -0.15) is 43.2 Å². The zero-order valence-electron chi connectivity index (χ0n) is 13.5. The number of hydrogen-bond acceptors (Lipinski definition) is 3. The smallest absolute Gasteiger partial charge is 0.181 e. The van der Waals surface area contributed by atoms with Crippen LogP contribution in [-0.2, 0) is 12.4 Å². The molecule has 28 heavy (non-hydrogen) atoms.